The summed E-state index contributed by atoms with van der Waals surface area (Å²) in [5.74, 6) is 14.6. The number of aryl methyl sites for hydroxylation is 1. The minimum atomic E-state index is -1.85. The molecule has 0 aliphatic carbocycles. The number of hydrogen-bond acceptors (Lipinski definition) is 2. The van der Waals surface area contributed by atoms with Crippen molar-refractivity contribution in [3.05, 3.63) is 48.3 Å². The van der Waals surface area contributed by atoms with Gasteiger partial charge in [-0.25, -0.2) is 0 Å². The third kappa shape index (κ3) is 3.85. The monoisotopic (exact) mass is 456 g/mol. The van der Waals surface area contributed by atoms with Crippen LogP contribution in [0.4, 0.5) is 0 Å². The Morgan fingerprint density at radius 3 is 2.08 bits per heavy atom. The maximum atomic E-state index is 4.62. The van der Waals surface area contributed by atoms with Crippen molar-refractivity contribution < 1.29 is 0 Å². The summed E-state index contributed by atoms with van der Waals surface area (Å²) < 4.78 is 3.06. The summed E-state index contributed by atoms with van der Waals surface area (Å²) in [6.07, 6.45) is 1.71. The SMILES string of the molecule is Cc1cc(-c2ncnc3c[c]([Ge]([CH3])([CH3])[CH3])ccc23)cc[c]1[Ge]([CH3])([CH3])[CH3]. The molecule has 0 bridgehead atoms. The molecular formula is C21H28Ge2N2. The van der Waals surface area contributed by atoms with Gasteiger partial charge in [-0.3, -0.25) is 0 Å². The number of benzene rings is 2. The summed E-state index contributed by atoms with van der Waals surface area (Å²) in [5.41, 5.74) is 4.72. The fraction of sp³-hybridized carbons (Fsp3) is 0.333. The van der Waals surface area contributed by atoms with Crippen molar-refractivity contribution in [2.45, 2.75) is 41.5 Å². The Morgan fingerprint density at radius 2 is 1.48 bits per heavy atom. The molecule has 0 atom stereocenters. The van der Waals surface area contributed by atoms with Gasteiger partial charge in [-0.05, 0) is 0 Å². The Morgan fingerprint density at radius 1 is 0.760 bits per heavy atom. The van der Waals surface area contributed by atoms with E-state index < -0.39 is 26.5 Å². The van der Waals surface area contributed by atoms with E-state index >= 15 is 0 Å². The van der Waals surface area contributed by atoms with E-state index in [0.29, 0.717) is 0 Å². The van der Waals surface area contributed by atoms with Crippen LogP contribution in [0.15, 0.2) is 42.7 Å². The Balaban J connectivity index is 2.15. The first-order chi connectivity index (χ1) is 11.6. The second-order valence-electron chi connectivity index (χ2n) is 8.98. The molecule has 0 aliphatic rings. The van der Waals surface area contributed by atoms with Crippen molar-refractivity contribution in [2.24, 2.45) is 0 Å². The van der Waals surface area contributed by atoms with Crippen molar-refractivity contribution in [3.8, 4) is 11.3 Å². The van der Waals surface area contributed by atoms with E-state index in [4.69, 9.17) is 0 Å². The molecule has 0 spiro atoms. The first kappa shape index (κ1) is 18.7. The van der Waals surface area contributed by atoms with Crippen molar-refractivity contribution in [1.29, 1.82) is 0 Å². The number of aromatic nitrogens is 2. The number of rotatable bonds is 3. The standard InChI is InChI=1S/C21H28Ge2N2/c1-15-12-16(8-11-19(15)23(5,6)7)21-18-10-9-17(22(2,3)4)13-20(18)24-14-25-21/h8-14H,1-7H3. The van der Waals surface area contributed by atoms with Crippen LogP contribution < -0.4 is 8.79 Å². The van der Waals surface area contributed by atoms with E-state index in [1.165, 1.54) is 15.5 Å². The van der Waals surface area contributed by atoms with Crippen molar-refractivity contribution in [2.75, 3.05) is 0 Å². The molecule has 130 valence electrons. The molecule has 0 radical (unpaired) electrons. The molecule has 3 aromatic rings. The minimum absolute atomic E-state index is 1.05. The third-order valence-electron chi connectivity index (χ3n) is 4.81. The van der Waals surface area contributed by atoms with Gasteiger partial charge in [0.25, 0.3) is 0 Å². The number of nitrogens with zero attached hydrogens (tertiary/aromatic N) is 2. The van der Waals surface area contributed by atoms with Gasteiger partial charge in [0.1, 0.15) is 0 Å². The summed E-state index contributed by atoms with van der Waals surface area (Å²) in [7, 11) is 0. The molecule has 1 heterocycles. The van der Waals surface area contributed by atoms with Gasteiger partial charge in [-0.15, -0.1) is 0 Å². The fourth-order valence-corrected chi connectivity index (χ4v) is 9.68. The molecule has 0 N–H and O–H groups in total. The summed E-state index contributed by atoms with van der Waals surface area (Å²) in [5, 5.41) is 1.15. The average Bonchev–Trinajstić information content (AvgIpc) is 2.51. The van der Waals surface area contributed by atoms with Crippen LogP contribution in [0.1, 0.15) is 5.56 Å². The van der Waals surface area contributed by atoms with Crippen LogP contribution in [-0.2, 0) is 0 Å². The zero-order valence-corrected chi connectivity index (χ0v) is 20.6. The summed E-state index contributed by atoms with van der Waals surface area (Å²) in [6, 6.07) is 13.7. The normalized spacial score (nSPS) is 12.6. The molecule has 0 aliphatic heterocycles. The van der Waals surface area contributed by atoms with E-state index in [0.717, 1.165) is 16.6 Å². The zero-order chi connectivity index (χ0) is 18.4. The Hall–Kier alpha value is -1.13. The second kappa shape index (κ2) is 6.55. The van der Waals surface area contributed by atoms with Gasteiger partial charge < -0.3 is 0 Å². The number of hydrogen-bond donors (Lipinski definition) is 0. The van der Waals surface area contributed by atoms with Gasteiger partial charge in [-0.1, -0.05) is 0 Å². The van der Waals surface area contributed by atoms with Gasteiger partial charge in [-0.2, -0.15) is 0 Å². The third-order valence-corrected chi connectivity index (χ3v) is 13.7. The quantitative estimate of drug-likeness (QED) is 0.538. The molecule has 4 heteroatoms. The van der Waals surface area contributed by atoms with Gasteiger partial charge in [0.2, 0.25) is 0 Å². The predicted molar refractivity (Wildman–Crippen MR) is 116 cm³/mol. The van der Waals surface area contributed by atoms with Crippen molar-refractivity contribution in [1.82, 2.24) is 9.97 Å². The molecular weight excluding hydrogens is 425 g/mol. The molecule has 2 nitrogen and oxygen atoms in total. The van der Waals surface area contributed by atoms with Crippen LogP contribution in [0.25, 0.3) is 22.2 Å². The Bertz CT molecular complexity index is 935. The van der Waals surface area contributed by atoms with Crippen molar-refractivity contribution >= 4 is 46.2 Å². The Labute approximate surface area is 156 Å². The average molecular weight is 454 g/mol. The first-order valence-corrected chi connectivity index (χ1v) is 23.6. The molecule has 0 saturated carbocycles. The molecule has 1 aromatic heterocycles. The summed E-state index contributed by atoms with van der Waals surface area (Å²) >= 11 is -3.67. The van der Waals surface area contributed by atoms with Gasteiger partial charge in [0.15, 0.2) is 0 Å². The maximum absolute atomic E-state index is 4.62. The Kier molecular flexibility index (Phi) is 4.88. The van der Waals surface area contributed by atoms with E-state index in [9.17, 15) is 0 Å². The van der Waals surface area contributed by atoms with E-state index in [1.807, 2.05) is 0 Å². The van der Waals surface area contributed by atoms with Crippen LogP contribution >= 0.6 is 0 Å². The van der Waals surface area contributed by atoms with Crippen molar-refractivity contribution in [3.63, 3.8) is 0 Å². The van der Waals surface area contributed by atoms with E-state index in [2.05, 4.69) is 87.8 Å². The zero-order valence-electron chi connectivity index (χ0n) is 16.4. The van der Waals surface area contributed by atoms with Crippen LogP contribution in [-0.4, -0.2) is 36.5 Å². The van der Waals surface area contributed by atoms with Crippen LogP contribution in [0.3, 0.4) is 0 Å². The predicted octanol–water partition coefficient (Wildman–Crippen LogP) is 4.70. The first-order valence-electron chi connectivity index (χ1n) is 8.94. The molecule has 2 aromatic carbocycles. The van der Waals surface area contributed by atoms with Crippen LogP contribution in [0.5, 0.6) is 0 Å². The van der Waals surface area contributed by atoms with Gasteiger partial charge in [0, 0.05) is 0 Å². The van der Waals surface area contributed by atoms with E-state index in [1.54, 1.807) is 10.7 Å². The second-order valence-corrected chi connectivity index (χ2v) is 30.2. The molecule has 0 saturated heterocycles. The molecule has 0 fully saturated rings. The van der Waals surface area contributed by atoms with Gasteiger partial charge in [0.05, 0.1) is 0 Å². The molecule has 3 rings (SSSR count). The van der Waals surface area contributed by atoms with E-state index in [-0.39, 0.29) is 0 Å². The summed E-state index contributed by atoms with van der Waals surface area (Å²) in [6.45, 7) is 2.24. The topological polar surface area (TPSA) is 25.8 Å². The van der Waals surface area contributed by atoms with Crippen LogP contribution in [0.2, 0.25) is 34.5 Å². The molecule has 0 amide bonds. The number of fused-ring (bicyclic) bond motifs is 1. The van der Waals surface area contributed by atoms with Gasteiger partial charge >= 0.3 is 157 Å². The molecule has 0 unspecified atom stereocenters. The molecule has 25 heavy (non-hydrogen) atoms. The fourth-order valence-electron chi connectivity index (χ4n) is 3.41. The van der Waals surface area contributed by atoms with Crippen LogP contribution in [0, 0.1) is 6.92 Å². The summed E-state index contributed by atoms with van der Waals surface area (Å²) in [4.78, 5) is 9.17.